The number of hydrogen-bond donors (Lipinski definition) is 3. The lowest BCUT2D eigenvalue weighted by atomic mass is 9.82. The van der Waals surface area contributed by atoms with E-state index in [4.69, 9.17) is 0 Å². The summed E-state index contributed by atoms with van der Waals surface area (Å²) < 4.78 is 0. The van der Waals surface area contributed by atoms with Gasteiger partial charge in [0.2, 0.25) is 0 Å². The Morgan fingerprint density at radius 2 is 1.31 bits per heavy atom. The van der Waals surface area contributed by atoms with Gasteiger partial charge in [-0.25, -0.2) is 4.79 Å². The van der Waals surface area contributed by atoms with Crippen LogP contribution in [0, 0.1) is 0 Å². The molecule has 0 saturated heterocycles. The lowest BCUT2D eigenvalue weighted by Gasteiger charge is -2.19. The fourth-order valence-electron chi connectivity index (χ4n) is 5.15. The molecule has 4 aromatic carbocycles. The number of fused-ring (bicyclic) bond motifs is 2. The van der Waals surface area contributed by atoms with Crippen LogP contribution in [0.3, 0.4) is 0 Å². The van der Waals surface area contributed by atoms with Gasteiger partial charge in [0.25, 0.3) is 0 Å². The van der Waals surface area contributed by atoms with E-state index in [-0.39, 0.29) is 5.92 Å². The Hall–Kier alpha value is -4.57. The number of aromatic amines is 2. The third-order valence-corrected chi connectivity index (χ3v) is 6.77. The second-order valence-electron chi connectivity index (χ2n) is 8.90. The highest BCUT2D eigenvalue weighted by Gasteiger charge is 2.27. The molecule has 170 valence electrons. The maximum atomic E-state index is 12.2. The molecule has 1 atom stereocenters. The van der Waals surface area contributed by atoms with E-state index in [1.54, 1.807) is 12.1 Å². The summed E-state index contributed by atoms with van der Waals surface area (Å²) in [5, 5.41) is 12.2. The number of benzene rings is 4. The molecule has 0 radical (unpaired) electrons. The van der Waals surface area contributed by atoms with Gasteiger partial charge in [-0.2, -0.15) is 0 Å². The van der Waals surface area contributed by atoms with Gasteiger partial charge in [-0.15, -0.1) is 0 Å². The molecule has 2 aromatic heterocycles. The van der Waals surface area contributed by atoms with Gasteiger partial charge < -0.3 is 15.1 Å². The molecule has 2 heterocycles. The van der Waals surface area contributed by atoms with Gasteiger partial charge in [0.1, 0.15) is 0 Å². The molecule has 0 amide bonds. The molecule has 1 unspecified atom stereocenters. The lowest BCUT2D eigenvalue weighted by Crippen LogP contribution is -2.09. The van der Waals surface area contributed by atoms with Crippen molar-refractivity contribution in [1.29, 1.82) is 0 Å². The number of carboxylic acid groups (broad SMARTS) is 1. The Balaban J connectivity index is 1.57. The first-order valence-electron chi connectivity index (χ1n) is 11.7. The molecule has 4 nitrogen and oxygen atoms in total. The molecule has 0 fully saturated rings. The number of carbonyl (C=O) groups is 1. The Morgan fingerprint density at radius 3 is 2.11 bits per heavy atom. The summed E-state index contributed by atoms with van der Waals surface area (Å²) >= 11 is 0. The summed E-state index contributed by atoms with van der Waals surface area (Å²) in [6.07, 6.45) is 4.88. The molecule has 0 saturated carbocycles. The van der Waals surface area contributed by atoms with Crippen LogP contribution < -0.4 is 0 Å². The number of aromatic carboxylic acids is 1. The monoisotopic (exact) mass is 456 g/mol. The second-order valence-corrected chi connectivity index (χ2v) is 8.90. The quantitative estimate of drug-likeness (QED) is 0.250. The van der Waals surface area contributed by atoms with E-state index in [2.05, 4.69) is 58.5 Å². The van der Waals surface area contributed by atoms with Gasteiger partial charge in [-0.05, 0) is 58.5 Å². The molecule has 4 heteroatoms. The van der Waals surface area contributed by atoms with Crippen LogP contribution in [0.25, 0.3) is 21.8 Å². The number of para-hydroxylation sites is 1. The molecule has 6 aromatic rings. The van der Waals surface area contributed by atoms with E-state index in [0.29, 0.717) is 5.56 Å². The highest BCUT2D eigenvalue weighted by molar-refractivity contribution is 5.93. The van der Waals surface area contributed by atoms with Crippen molar-refractivity contribution in [2.45, 2.75) is 12.3 Å². The van der Waals surface area contributed by atoms with Crippen LogP contribution in [0.5, 0.6) is 0 Å². The van der Waals surface area contributed by atoms with Gasteiger partial charge in [0, 0.05) is 40.1 Å². The predicted molar refractivity (Wildman–Crippen MR) is 140 cm³/mol. The Bertz CT molecular complexity index is 1660. The minimum atomic E-state index is -0.921. The fraction of sp³-hybridized carbons (Fsp3) is 0.0645. The van der Waals surface area contributed by atoms with E-state index in [1.807, 2.05) is 48.8 Å². The van der Waals surface area contributed by atoms with E-state index in [0.717, 1.165) is 44.9 Å². The SMILES string of the molecule is O=C(O)c1ccccc1C(c1c[nH]c2ccccc12)c1c[nH]c2ccc(Cc3ccccc3)cc12. The first-order chi connectivity index (χ1) is 17.2. The smallest absolute Gasteiger partial charge is 0.335 e. The van der Waals surface area contributed by atoms with Gasteiger partial charge in [-0.3, -0.25) is 0 Å². The number of carboxylic acids is 1. The largest absolute Gasteiger partial charge is 0.478 e. The summed E-state index contributed by atoms with van der Waals surface area (Å²) in [6, 6.07) is 32.4. The van der Waals surface area contributed by atoms with Crippen LogP contribution in [0.15, 0.2) is 109 Å². The average Bonchev–Trinajstić information content (AvgIpc) is 3.50. The molecule has 0 aliphatic heterocycles. The zero-order valence-corrected chi connectivity index (χ0v) is 19.0. The normalized spacial score (nSPS) is 12.2. The summed E-state index contributed by atoms with van der Waals surface area (Å²) in [4.78, 5) is 19.0. The standard InChI is InChI=1S/C31H24N2O2/c34-31(35)24-12-5-4-11-23(24)30(26-18-32-28-13-7-6-10-22(26)28)27-19-33-29-15-14-21(17-25(27)29)16-20-8-2-1-3-9-20/h1-15,17-19,30,32-33H,16H2,(H,34,35). The average molecular weight is 457 g/mol. The van der Waals surface area contributed by atoms with E-state index >= 15 is 0 Å². The molecule has 35 heavy (non-hydrogen) atoms. The number of hydrogen-bond acceptors (Lipinski definition) is 1. The van der Waals surface area contributed by atoms with E-state index in [9.17, 15) is 9.90 Å². The van der Waals surface area contributed by atoms with Crippen molar-refractivity contribution in [1.82, 2.24) is 9.97 Å². The minimum absolute atomic E-state index is 0.251. The molecule has 6 rings (SSSR count). The zero-order chi connectivity index (χ0) is 23.8. The van der Waals surface area contributed by atoms with Crippen molar-refractivity contribution in [3.63, 3.8) is 0 Å². The van der Waals surface area contributed by atoms with Crippen LogP contribution in [0.1, 0.15) is 44.1 Å². The number of nitrogens with one attached hydrogen (secondary N) is 2. The fourth-order valence-corrected chi connectivity index (χ4v) is 5.15. The molecule has 0 spiro atoms. The van der Waals surface area contributed by atoms with Crippen LogP contribution in [0.2, 0.25) is 0 Å². The van der Waals surface area contributed by atoms with E-state index < -0.39 is 5.97 Å². The molecule has 0 bridgehead atoms. The van der Waals surface area contributed by atoms with Gasteiger partial charge in [-0.1, -0.05) is 72.8 Å². The van der Waals surface area contributed by atoms with Crippen molar-refractivity contribution < 1.29 is 9.90 Å². The summed E-state index contributed by atoms with van der Waals surface area (Å²) in [6.45, 7) is 0. The molecule has 0 aliphatic carbocycles. The van der Waals surface area contributed by atoms with Crippen LogP contribution >= 0.6 is 0 Å². The molecular weight excluding hydrogens is 432 g/mol. The van der Waals surface area contributed by atoms with Gasteiger partial charge in [0.15, 0.2) is 0 Å². The highest BCUT2D eigenvalue weighted by atomic mass is 16.4. The number of rotatable bonds is 6. The van der Waals surface area contributed by atoms with Gasteiger partial charge in [0.05, 0.1) is 5.56 Å². The first kappa shape index (κ1) is 21.0. The predicted octanol–water partition coefficient (Wildman–Crippen LogP) is 7.12. The van der Waals surface area contributed by atoms with Crippen molar-refractivity contribution in [2.24, 2.45) is 0 Å². The van der Waals surface area contributed by atoms with Crippen LogP contribution in [-0.2, 0) is 6.42 Å². The van der Waals surface area contributed by atoms with Crippen molar-refractivity contribution >= 4 is 27.8 Å². The summed E-state index contributed by atoms with van der Waals surface area (Å²) in [7, 11) is 0. The third-order valence-electron chi connectivity index (χ3n) is 6.77. The Labute approximate surface area is 202 Å². The summed E-state index contributed by atoms with van der Waals surface area (Å²) in [5.74, 6) is -1.17. The maximum absolute atomic E-state index is 12.2. The number of H-pyrrole nitrogens is 2. The Morgan fingerprint density at radius 1 is 0.657 bits per heavy atom. The van der Waals surface area contributed by atoms with Gasteiger partial charge >= 0.3 is 5.97 Å². The third kappa shape index (κ3) is 3.79. The Kier molecular flexibility index (Phi) is 5.19. The van der Waals surface area contributed by atoms with Crippen molar-refractivity contribution in [3.8, 4) is 0 Å². The second kappa shape index (κ2) is 8.65. The summed E-state index contributed by atoms with van der Waals surface area (Å²) in [5.41, 5.74) is 7.76. The zero-order valence-electron chi connectivity index (χ0n) is 19.0. The first-order valence-corrected chi connectivity index (χ1v) is 11.7. The van der Waals surface area contributed by atoms with Crippen molar-refractivity contribution in [2.75, 3.05) is 0 Å². The lowest BCUT2D eigenvalue weighted by molar-refractivity contribution is 0.0695. The molecular formula is C31H24N2O2. The topological polar surface area (TPSA) is 68.9 Å². The minimum Gasteiger partial charge on any atom is -0.478 e. The van der Waals surface area contributed by atoms with Crippen LogP contribution in [0.4, 0.5) is 0 Å². The van der Waals surface area contributed by atoms with Crippen LogP contribution in [-0.4, -0.2) is 21.0 Å². The molecule has 0 aliphatic rings. The maximum Gasteiger partial charge on any atom is 0.335 e. The molecule has 3 N–H and O–H groups in total. The number of aromatic nitrogens is 2. The van der Waals surface area contributed by atoms with Crippen molar-refractivity contribution in [3.05, 3.63) is 143 Å². The highest BCUT2D eigenvalue weighted by Crippen LogP contribution is 2.41. The van der Waals surface area contributed by atoms with E-state index in [1.165, 1.54) is 11.1 Å².